The molecule has 2 heterocycles. The number of hydrogen-bond acceptors (Lipinski definition) is 4. The lowest BCUT2D eigenvalue weighted by Gasteiger charge is -2.21. The van der Waals surface area contributed by atoms with E-state index in [4.69, 9.17) is 4.42 Å². The van der Waals surface area contributed by atoms with Gasteiger partial charge in [-0.2, -0.15) is 13.2 Å². The molecule has 160 valence electrons. The Labute approximate surface area is 176 Å². The number of halogens is 3. The van der Waals surface area contributed by atoms with Gasteiger partial charge in [0.05, 0.1) is 17.3 Å². The largest absolute Gasteiger partial charge is 0.439 e. The van der Waals surface area contributed by atoms with Crippen LogP contribution >= 0.6 is 0 Å². The van der Waals surface area contributed by atoms with Crippen molar-refractivity contribution in [2.75, 3.05) is 0 Å². The topological polar surface area (TPSA) is 68.0 Å². The Morgan fingerprint density at radius 2 is 1.97 bits per heavy atom. The summed E-state index contributed by atoms with van der Waals surface area (Å²) in [5.41, 5.74) is 1.76. The number of alkyl halides is 3. The number of hydrogen-bond donors (Lipinski definition) is 1. The molecule has 1 N–H and O–H groups in total. The normalized spacial score (nSPS) is 18.5. The predicted molar refractivity (Wildman–Crippen MR) is 106 cm³/mol. The molecule has 2 aromatic heterocycles. The molecular formula is C23H20F3N3O2. The van der Waals surface area contributed by atoms with Crippen molar-refractivity contribution in [3.05, 3.63) is 70.9 Å². The van der Waals surface area contributed by atoms with Crippen molar-refractivity contribution in [2.24, 2.45) is 0 Å². The Morgan fingerprint density at radius 3 is 2.74 bits per heavy atom. The van der Waals surface area contributed by atoms with Gasteiger partial charge in [0.1, 0.15) is 5.76 Å². The first kappa shape index (κ1) is 19.8. The number of carbonyl (C=O) groups is 1. The summed E-state index contributed by atoms with van der Waals surface area (Å²) < 4.78 is 45.0. The molecule has 0 radical (unpaired) electrons. The zero-order valence-corrected chi connectivity index (χ0v) is 16.6. The number of fused-ring (bicyclic) bond motifs is 1. The van der Waals surface area contributed by atoms with Crippen LogP contribution in [0.25, 0.3) is 11.5 Å². The Bertz CT molecular complexity index is 1140. The summed E-state index contributed by atoms with van der Waals surface area (Å²) in [6.45, 7) is 0. The van der Waals surface area contributed by atoms with Crippen molar-refractivity contribution in [3.8, 4) is 11.5 Å². The fraction of sp³-hybridized carbons (Fsp3) is 0.348. The van der Waals surface area contributed by atoms with Crippen LogP contribution in [-0.2, 0) is 12.6 Å². The smallest absolute Gasteiger partial charge is 0.416 e. The van der Waals surface area contributed by atoms with Gasteiger partial charge in [0.2, 0.25) is 5.89 Å². The maximum absolute atomic E-state index is 13.0. The van der Waals surface area contributed by atoms with Gasteiger partial charge in [-0.25, -0.2) is 4.98 Å². The predicted octanol–water partition coefficient (Wildman–Crippen LogP) is 5.44. The van der Waals surface area contributed by atoms with E-state index in [0.717, 1.165) is 54.8 Å². The van der Waals surface area contributed by atoms with E-state index < -0.39 is 23.7 Å². The highest BCUT2D eigenvalue weighted by Crippen LogP contribution is 2.40. The molecule has 31 heavy (non-hydrogen) atoms. The molecule has 3 aromatic rings. The first-order valence-electron chi connectivity index (χ1n) is 10.3. The number of oxazole rings is 1. The van der Waals surface area contributed by atoms with E-state index in [2.05, 4.69) is 15.3 Å². The molecule has 0 bridgehead atoms. The van der Waals surface area contributed by atoms with Crippen LogP contribution in [0.4, 0.5) is 13.2 Å². The van der Waals surface area contributed by atoms with Gasteiger partial charge in [-0.15, -0.1) is 0 Å². The highest BCUT2D eigenvalue weighted by Gasteiger charge is 2.32. The Morgan fingerprint density at radius 1 is 1.13 bits per heavy atom. The molecule has 0 aliphatic heterocycles. The van der Waals surface area contributed by atoms with Crippen molar-refractivity contribution in [2.45, 2.75) is 50.2 Å². The summed E-state index contributed by atoms with van der Waals surface area (Å²) in [6.07, 6.45) is 1.70. The zero-order chi connectivity index (χ0) is 21.6. The lowest BCUT2D eigenvalue weighted by atomic mass is 9.96. The van der Waals surface area contributed by atoms with Crippen molar-refractivity contribution in [3.63, 3.8) is 0 Å². The van der Waals surface area contributed by atoms with Gasteiger partial charge >= 0.3 is 6.18 Å². The summed E-state index contributed by atoms with van der Waals surface area (Å²) in [5, 5.41) is 2.82. The van der Waals surface area contributed by atoms with E-state index in [1.54, 1.807) is 6.20 Å². The molecule has 1 fully saturated rings. The van der Waals surface area contributed by atoms with Crippen LogP contribution in [0.2, 0.25) is 0 Å². The van der Waals surface area contributed by atoms with Crippen LogP contribution in [0.15, 0.2) is 47.0 Å². The van der Waals surface area contributed by atoms with E-state index in [0.29, 0.717) is 24.0 Å². The van der Waals surface area contributed by atoms with E-state index in [9.17, 15) is 18.0 Å². The molecule has 0 saturated heterocycles. The van der Waals surface area contributed by atoms with Crippen LogP contribution < -0.4 is 5.32 Å². The molecule has 2 aliphatic carbocycles. The van der Waals surface area contributed by atoms with Gasteiger partial charge in [0.25, 0.3) is 5.91 Å². The van der Waals surface area contributed by atoms with Gasteiger partial charge in [0.15, 0.2) is 0 Å². The van der Waals surface area contributed by atoms with Gasteiger partial charge in [0, 0.05) is 28.9 Å². The number of pyridine rings is 1. The molecule has 1 amide bonds. The molecule has 0 spiro atoms. The molecule has 5 nitrogen and oxygen atoms in total. The summed E-state index contributed by atoms with van der Waals surface area (Å²) in [4.78, 5) is 21.7. The highest BCUT2D eigenvalue weighted by atomic mass is 19.4. The number of carbonyl (C=O) groups excluding carboxylic acids is 1. The lowest BCUT2D eigenvalue weighted by Crippen LogP contribution is -2.30. The quantitative estimate of drug-likeness (QED) is 0.602. The fourth-order valence-corrected chi connectivity index (χ4v) is 3.94. The Balaban J connectivity index is 1.38. The van der Waals surface area contributed by atoms with Crippen molar-refractivity contribution in [1.29, 1.82) is 0 Å². The SMILES string of the molecule is O=C(N[C@@H]1CCCc2nc(-c3ccnc(C4CC4)c3)oc21)c1cccc(C(F)(F)F)c1. The molecule has 1 atom stereocenters. The number of aromatic nitrogens is 2. The molecule has 1 saturated carbocycles. The maximum atomic E-state index is 13.0. The first-order valence-corrected chi connectivity index (χ1v) is 10.3. The third-order valence-corrected chi connectivity index (χ3v) is 5.73. The number of aryl methyl sites for hydroxylation is 1. The monoisotopic (exact) mass is 427 g/mol. The number of nitrogens with zero attached hydrogens (tertiary/aromatic N) is 2. The van der Waals surface area contributed by atoms with E-state index in [-0.39, 0.29) is 5.56 Å². The van der Waals surface area contributed by atoms with Gasteiger partial charge in [-0.1, -0.05) is 6.07 Å². The Hall–Kier alpha value is -3.16. The number of rotatable bonds is 4. The minimum atomic E-state index is -4.50. The fourth-order valence-electron chi connectivity index (χ4n) is 3.94. The number of amides is 1. The van der Waals surface area contributed by atoms with Crippen molar-refractivity contribution < 1.29 is 22.4 Å². The third kappa shape index (κ3) is 4.06. The zero-order valence-electron chi connectivity index (χ0n) is 16.6. The summed E-state index contributed by atoms with van der Waals surface area (Å²) in [6, 6.07) is 7.82. The standard InChI is InChI=1S/C23H20F3N3O2/c24-23(25,26)16-4-1-3-14(11-16)21(30)28-17-5-2-6-18-20(17)31-22(29-18)15-9-10-27-19(12-15)13-7-8-13/h1,3-4,9-13,17H,2,5-8H2,(H,28,30)/t17-/m1/s1. The van der Waals surface area contributed by atoms with Crippen LogP contribution in [0, 0.1) is 0 Å². The van der Waals surface area contributed by atoms with Crippen LogP contribution in [-0.4, -0.2) is 15.9 Å². The number of benzene rings is 1. The summed E-state index contributed by atoms with van der Waals surface area (Å²) in [7, 11) is 0. The minimum absolute atomic E-state index is 0.0371. The average Bonchev–Trinajstić information content (AvgIpc) is 3.52. The number of nitrogens with one attached hydrogen (secondary N) is 1. The highest BCUT2D eigenvalue weighted by molar-refractivity contribution is 5.94. The second-order valence-electron chi connectivity index (χ2n) is 8.07. The van der Waals surface area contributed by atoms with E-state index in [1.807, 2.05) is 12.1 Å². The maximum Gasteiger partial charge on any atom is 0.416 e. The van der Waals surface area contributed by atoms with E-state index >= 15 is 0 Å². The van der Waals surface area contributed by atoms with Crippen LogP contribution in [0.5, 0.6) is 0 Å². The van der Waals surface area contributed by atoms with Gasteiger partial charge in [-0.3, -0.25) is 9.78 Å². The van der Waals surface area contributed by atoms with Crippen LogP contribution in [0.3, 0.4) is 0 Å². The molecule has 5 rings (SSSR count). The van der Waals surface area contributed by atoms with Gasteiger partial charge in [-0.05, 0) is 62.4 Å². The van der Waals surface area contributed by atoms with Crippen LogP contribution in [0.1, 0.15) is 70.7 Å². The Kier molecular flexibility index (Phi) is 4.79. The lowest BCUT2D eigenvalue weighted by molar-refractivity contribution is -0.137. The molecule has 0 unspecified atom stereocenters. The molecule has 2 aliphatic rings. The summed E-state index contributed by atoms with van der Waals surface area (Å²) in [5.74, 6) is 0.992. The molecular weight excluding hydrogens is 407 g/mol. The van der Waals surface area contributed by atoms with Gasteiger partial charge < -0.3 is 9.73 Å². The van der Waals surface area contributed by atoms with Crippen molar-refractivity contribution >= 4 is 5.91 Å². The second kappa shape index (κ2) is 7.51. The summed E-state index contributed by atoms with van der Waals surface area (Å²) >= 11 is 0. The third-order valence-electron chi connectivity index (χ3n) is 5.73. The average molecular weight is 427 g/mol. The molecule has 1 aromatic carbocycles. The first-order chi connectivity index (χ1) is 14.9. The molecule has 8 heteroatoms. The van der Waals surface area contributed by atoms with E-state index in [1.165, 1.54) is 12.1 Å². The minimum Gasteiger partial charge on any atom is -0.439 e. The van der Waals surface area contributed by atoms with Crippen molar-refractivity contribution in [1.82, 2.24) is 15.3 Å². The second-order valence-corrected chi connectivity index (χ2v) is 8.07.